The van der Waals surface area contributed by atoms with Crippen LogP contribution in [-0.2, 0) is 6.42 Å². The third-order valence-electron chi connectivity index (χ3n) is 3.28. The van der Waals surface area contributed by atoms with E-state index in [1.165, 1.54) is 6.07 Å². The van der Waals surface area contributed by atoms with Gasteiger partial charge < -0.3 is 10.5 Å². The summed E-state index contributed by atoms with van der Waals surface area (Å²) in [5.74, 6) is -0.421. The predicted molar refractivity (Wildman–Crippen MR) is 73.8 cm³/mol. The summed E-state index contributed by atoms with van der Waals surface area (Å²) in [7, 11) is 0. The third kappa shape index (κ3) is 4.62. The Labute approximate surface area is 118 Å². The summed E-state index contributed by atoms with van der Waals surface area (Å²) in [5.41, 5.74) is 6.07. The number of hydrogen-bond donors (Lipinski definition) is 1. The molecule has 0 aromatic heterocycles. The molecule has 0 spiro atoms. The van der Waals surface area contributed by atoms with Gasteiger partial charge >= 0.3 is 0 Å². The van der Waals surface area contributed by atoms with Crippen LogP contribution in [0.1, 0.15) is 31.7 Å². The highest BCUT2D eigenvalue weighted by molar-refractivity contribution is 5.85. The second-order valence-corrected chi connectivity index (χ2v) is 5.00. The highest BCUT2D eigenvalue weighted by Crippen LogP contribution is 2.30. The van der Waals surface area contributed by atoms with Gasteiger partial charge in [-0.1, -0.05) is 6.92 Å². The second-order valence-electron chi connectivity index (χ2n) is 5.00. The summed E-state index contributed by atoms with van der Waals surface area (Å²) >= 11 is 0. The number of ether oxygens (including phenoxy) is 1. The van der Waals surface area contributed by atoms with Crippen LogP contribution in [0.4, 0.5) is 8.78 Å². The van der Waals surface area contributed by atoms with Gasteiger partial charge in [0.15, 0.2) is 11.6 Å². The summed E-state index contributed by atoms with van der Waals surface area (Å²) in [6.45, 7) is 2.40. The van der Waals surface area contributed by atoms with E-state index in [-0.39, 0.29) is 24.2 Å². The molecule has 0 radical (unpaired) electrons. The molecule has 1 fully saturated rings. The first-order valence-corrected chi connectivity index (χ1v) is 6.46. The molecule has 2 nitrogen and oxygen atoms in total. The molecular formula is C14H20ClF2NO. The molecule has 0 amide bonds. The molecule has 0 bridgehead atoms. The van der Waals surface area contributed by atoms with Gasteiger partial charge in [0.25, 0.3) is 0 Å². The zero-order valence-electron chi connectivity index (χ0n) is 11.0. The molecule has 0 heterocycles. The van der Waals surface area contributed by atoms with E-state index in [0.29, 0.717) is 24.5 Å². The Morgan fingerprint density at radius 1 is 1.32 bits per heavy atom. The van der Waals surface area contributed by atoms with E-state index in [2.05, 4.69) is 0 Å². The van der Waals surface area contributed by atoms with E-state index in [9.17, 15) is 8.78 Å². The summed E-state index contributed by atoms with van der Waals surface area (Å²) in [4.78, 5) is 0. The maximum absolute atomic E-state index is 13.8. The van der Waals surface area contributed by atoms with E-state index < -0.39 is 11.6 Å². The van der Waals surface area contributed by atoms with Crippen LogP contribution in [0.15, 0.2) is 12.1 Å². The van der Waals surface area contributed by atoms with Crippen molar-refractivity contribution < 1.29 is 13.5 Å². The lowest BCUT2D eigenvalue weighted by atomic mass is 10.0. The lowest BCUT2D eigenvalue weighted by molar-refractivity contribution is 0.283. The van der Waals surface area contributed by atoms with Crippen molar-refractivity contribution in [3.8, 4) is 5.75 Å². The monoisotopic (exact) mass is 291 g/mol. The molecule has 108 valence electrons. The van der Waals surface area contributed by atoms with Gasteiger partial charge in [0.05, 0.1) is 6.61 Å². The highest BCUT2D eigenvalue weighted by atomic mass is 35.5. The Morgan fingerprint density at radius 2 is 2.00 bits per heavy atom. The number of rotatable bonds is 6. The van der Waals surface area contributed by atoms with Crippen molar-refractivity contribution >= 4 is 12.4 Å². The number of nitrogens with two attached hydrogens (primary N) is 1. The normalized spacial score (nSPS) is 15.8. The van der Waals surface area contributed by atoms with Gasteiger partial charge in [-0.05, 0) is 43.2 Å². The fourth-order valence-electron chi connectivity index (χ4n) is 1.76. The van der Waals surface area contributed by atoms with Crippen molar-refractivity contribution in [2.45, 2.75) is 38.6 Å². The quantitative estimate of drug-likeness (QED) is 0.871. The zero-order chi connectivity index (χ0) is 13.1. The first kappa shape index (κ1) is 16.2. The van der Waals surface area contributed by atoms with Crippen molar-refractivity contribution in [3.63, 3.8) is 0 Å². The Bertz CT molecular complexity index is 424. The second kappa shape index (κ2) is 7.06. The van der Waals surface area contributed by atoms with Gasteiger partial charge in [0, 0.05) is 12.1 Å². The zero-order valence-corrected chi connectivity index (χ0v) is 11.8. The molecule has 2 rings (SSSR count). The summed E-state index contributed by atoms with van der Waals surface area (Å²) in [6, 6.07) is 2.19. The third-order valence-corrected chi connectivity index (χ3v) is 3.28. The lowest BCUT2D eigenvalue weighted by Crippen LogP contribution is -2.22. The molecule has 1 aliphatic rings. The van der Waals surface area contributed by atoms with Crippen LogP contribution < -0.4 is 10.5 Å². The maximum Gasteiger partial charge on any atom is 0.165 e. The molecule has 5 heteroatoms. The largest absolute Gasteiger partial charge is 0.490 e. The van der Waals surface area contributed by atoms with Gasteiger partial charge in [-0.3, -0.25) is 0 Å². The average Bonchev–Trinajstić information content (AvgIpc) is 3.15. The van der Waals surface area contributed by atoms with E-state index in [1.807, 2.05) is 6.92 Å². The van der Waals surface area contributed by atoms with Crippen LogP contribution in [0, 0.1) is 17.6 Å². The van der Waals surface area contributed by atoms with Crippen LogP contribution in [-0.4, -0.2) is 12.6 Å². The maximum atomic E-state index is 13.8. The van der Waals surface area contributed by atoms with Gasteiger partial charge in [-0.15, -0.1) is 12.4 Å². The van der Waals surface area contributed by atoms with E-state index in [1.54, 1.807) is 0 Å². The molecular weight excluding hydrogens is 272 g/mol. The fourth-order valence-corrected chi connectivity index (χ4v) is 1.76. The van der Waals surface area contributed by atoms with Crippen LogP contribution in [0.25, 0.3) is 0 Å². The standard InChI is InChI=1S/C14H19F2NO.ClH/c1-2-11(17)5-10-6-13(16)14(7-12(10)15)18-8-9-3-4-9;/h6-7,9,11H,2-5,8,17H2,1H3;1H. The molecule has 1 saturated carbocycles. The van der Waals surface area contributed by atoms with Gasteiger partial charge in [0.1, 0.15) is 5.82 Å². The van der Waals surface area contributed by atoms with Crippen molar-refractivity contribution in [3.05, 3.63) is 29.3 Å². The summed E-state index contributed by atoms with van der Waals surface area (Å²) < 4.78 is 32.8. The van der Waals surface area contributed by atoms with Gasteiger partial charge in [-0.25, -0.2) is 8.78 Å². The van der Waals surface area contributed by atoms with Crippen molar-refractivity contribution in [1.29, 1.82) is 0 Å². The van der Waals surface area contributed by atoms with E-state index >= 15 is 0 Å². The first-order chi connectivity index (χ1) is 8.60. The molecule has 1 atom stereocenters. The summed E-state index contributed by atoms with van der Waals surface area (Å²) in [5, 5.41) is 0. The molecule has 0 aliphatic heterocycles. The topological polar surface area (TPSA) is 35.2 Å². The minimum Gasteiger partial charge on any atom is -0.490 e. The van der Waals surface area contributed by atoms with Crippen molar-refractivity contribution in [2.75, 3.05) is 6.61 Å². The number of benzene rings is 1. The Balaban J connectivity index is 0.00000180. The van der Waals surface area contributed by atoms with Gasteiger partial charge in [-0.2, -0.15) is 0 Å². The minimum atomic E-state index is -0.504. The minimum absolute atomic E-state index is 0. The molecule has 19 heavy (non-hydrogen) atoms. The average molecular weight is 292 g/mol. The summed E-state index contributed by atoms with van der Waals surface area (Å²) in [6.07, 6.45) is 3.32. The van der Waals surface area contributed by atoms with Crippen molar-refractivity contribution in [2.24, 2.45) is 11.7 Å². The smallest absolute Gasteiger partial charge is 0.165 e. The molecule has 1 unspecified atom stereocenters. The van der Waals surface area contributed by atoms with E-state index in [0.717, 1.165) is 25.3 Å². The number of halogens is 3. The molecule has 1 aromatic carbocycles. The molecule has 1 aromatic rings. The van der Waals surface area contributed by atoms with Crippen LogP contribution in [0.2, 0.25) is 0 Å². The van der Waals surface area contributed by atoms with Crippen LogP contribution >= 0.6 is 12.4 Å². The molecule has 1 aliphatic carbocycles. The van der Waals surface area contributed by atoms with Crippen LogP contribution in [0.3, 0.4) is 0 Å². The van der Waals surface area contributed by atoms with Crippen LogP contribution in [0.5, 0.6) is 5.75 Å². The highest BCUT2D eigenvalue weighted by Gasteiger charge is 2.23. The SMILES string of the molecule is CCC(N)Cc1cc(F)c(OCC2CC2)cc1F.Cl. The lowest BCUT2D eigenvalue weighted by Gasteiger charge is -2.12. The Hall–Kier alpha value is -0.870. The predicted octanol–water partition coefficient (Wildman–Crippen LogP) is 3.46. The van der Waals surface area contributed by atoms with Crippen molar-refractivity contribution in [1.82, 2.24) is 0 Å². The van der Waals surface area contributed by atoms with Gasteiger partial charge in [0.2, 0.25) is 0 Å². The Morgan fingerprint density at radius 3 is 2.58 bits per heavy atom. The first-order valence-electron chi connectivity index (χ1n) is 6.46. The molecule has 0 saturated heterocycles. The molecule has 2 N–H and O–H groups in total. The van der Waals surface area contributed by atoms with E-state index in [4.69, 9.17) is 10.5 Å². The fraction of sp³-hybridized carbons (Fsp3) is 0.571. The Kier molecular flexibility index (Phi) is 6.01. The number of hydrogen-bond acceptors (Lipinski definition) is 2.